The largest absolute Gasteiger partial charge is 0.619 e. The van der Waals surface area contributed by atoms with E-state index >= 15 is 0 Å². The second kappa shape index (κ2) is 7.91. The van der Waals surface area contributed by atoms with Crippen molar-refractivity contribution in [3.8, 4) is 11.1 Å². The van der Waals surface area contributed by atoms with E-state index in [1.807, 2.05) is 6.92 Å². The van der Waals surface area contributed by atoms with E-state index in [1.165, 1.54) is 30.9 Å². The molecule has 1 aromatic carbocycles. The Hall–Kier alpha value is -3.88. The summed E-state index contributed by atoms with van der Waals surface area (Å²) >= 11 is 0. The van der Waals surface area contributed by atoms with Gasteiger partial charge in [0, 0.05) is 41.1 Å². The van der Waals surface area contributed by atoms with Gasteiger partial charge in [0.2, 0.25) is 11.9 Å². The van der Waals surface area contributed by atoms with Crippen LogP contribution in [0.1, 0.15) is 47.2 Å². The number of rotatable bonds is 3. The molecule has 1 spiro atoms. The molecule has 2 aliphatic rings. The molecule has 1 aliphatic heterocycles. The predicted molar refractivity (Wildman–Crippen MR) is 115 cm³/mol. The van der Waals surface area contributed by atoms with Gasteiger partial charge in [0.1, 0.15) is 17.0 Å². The van der Waals surface area contributed by atoms with E-state index in [0.29, 0.717) is 47.1 Å². The van der Waals surface area contributed by atoms with Crippen LogP contribution in [0, 0.1) is 23.9 Å². The Balaban J connectivity index is 1.24. The van der Waals surface area contributed by atoms with Crippen LogP contribution in [0.3, 0.4) is 0 Å². The molecular weight excluding hydrogens is 427 g/mol. The summed E-state index contributed by atoms with van der Waals surface area (Å²) in [6.45, 7) is 1.87. The van der Waals surface area contributed by atoms with Crippen LogP contribution in [0.25, 0.3) is 11.1 Å². The molecule has 1 N–H and O–H groups in total. The molecule has 9 heteroatoms. The molecule has 3 aromatic rings. The van der Waals surface area contributed by atoms with E-state index in [4.69, 9.17) is 4.74 Å². The van der Waals surface area contributed by atoms with Crippen LogP contribution in [0.15, 0.2) is 49.1 Å². The summed E-state index contributed by atoms with van der Waals surface area (Å²) in [4.78, 5) is 33.3. The molecule has 1 aliphatic carbocycles. The first-order chi connectivity index (χ1) is 15.8. The van der Waals surface area contributed by atoms with Crippen LogP contribution in [-0.2, 0) is 15.1 Å². The molecule has 5 rings (SSSR count). The van der Waals surface area contributed by atoms with Gasteiger partial charge < -0.3 is 9.94 Å². The summed E-state index contributed by atoms with van der Waals surface area (Å²) in [5.74, 6) is -1.22. The van der Waals surface area contributed by atoms with Crippen molar-refractivity contribution in [1.29, 1.82) is 0 Å². The standard InChI is InChI=1S/C24H21FN4O4/c1-14-2-3-20(25)17(10-14)16-11-26-23(27-12-16)28-21(30)15-4-7-24(8-5-15)19-6-9-29(32)13-18(19)22(31)33-24/h2-3,6,9-13,15H,4-5,7-8H2,1H3,(H,26,27,28,30)/t15-,24-. The van der Waals surface area contributed by atoms with Gasteiger partial charge in [-0.2, -0.15) is 4.73 Å². The van der Waals surface area contributed by atoms with Crippen molar-refractivity contribution >= 4 is 17.8 Å². The third-order valence-corrected chi connectivity index (χ3v) is 6.42. The molecule has 1 saturated carbocycles. The van der Waals surface area contributed by atoms with Crippen LogP contribution >= 0.6 is 0 Å². The Bertz CT molecular complexity index is 1250. The number of anilines is 1. The summed E-state index contributed by atoms with van der Waals surface area (Å²) in [6.07, 6.45) is 7.54. The number of ether oxygens (including phenoxy) is 1. The van der Waals surface area contributed by atoms with E-state index in [9.17, 15) is 19.2 Å². The number of nitrogens with one attached hydrogen (secondary N) is 1. The summed E-state index contributed by atoms with van der Waals surface area (Å²) < 4.78 is 20.3. The average Bonchev–Trinajstić information content (AvgIpc) is 3.06. The lowest BCUT2D eigenvalue weighted by Gasteiger charge is -2.35. The highest BCUT2D eigenvalue weighted by Gasteiger charge is 2.49. The minimum atomic E-state index is -0.784. The smallest absolute Gasteiger partial charge is 0.345 e. The van der Waals surface area contributed by atoms with Crippen LogP contribution in [-0.4, -0.2) is 21.8 Å². The maximum absolute atomic E-state index is 14.1. The van der Waals surface area contributed by atoms with Crippen LogP contribution in [0.5, 0.6) is 0 Å². The summed E-state index contributed by atoms with van der Waals surface area (Å²) in [5.41, 5.74) is 2.05. The first-order valence-electron chi connectivity index (χ1n) is 10.7. The van der Waals surface area contributed by atoms with E-state index in [0.717, 1.165) is 5.56 Å². The quantitative estimate of drug-likeness (QED) is 0.374. The zero-order valence-electron chi connectivity index (χ0n) is 17.9. The van der Waals surface area contributed by atoms with Crippen LogP contribution < -0.4 is 10.0 Å². The number of carbonyl (C=O) groups excluding carboxylic acids is 2. The van der Waals surface area contributed by atoms with Crippen LogP contribution in [0.4, 0.5) is 10.3 Å². The first kappa shape index (κ1) is 21.0. The Morgan fingerprint density at radius 2 is 1.94 bits per heavy atom. The number of pyridine rings is 1. The fourth-order valence-corrected chi connectivity index (χ4v) is 4.65. The minimum absolute atomic E-state index is 0.148. The number of carbonyl (C=O) groups is 2. The van der Waals surface area contributed by atoms with Gasteiger partial charge in [-0.1, -0.05) is 11.6 Å². The van der Waals surface area contributed by atoms with E-state index < -0.39 is 11.6 Å². The van der Waals surface area contributed by atoms with Gasteiger partial charge in [-0.25, -0.2) is 19.2 Å². The zero-order chi connectivity index (χ0) is 23.2. The Labute approximate surface area is 189 Å². The fraction of sp³-hybridized carbons (Fsp3) is 0.292. The predicted octanol–water partition coefficient (Wildman–Crippen LogP) is 3.42. The highest BCUT2D eigenvalue weighted by Crippen LogP contribution is 2.47. The molecule has 33 heavy (non-hydrogen) atoms. The molecule has 0 bridgehead atoms. The third-order valence-electron chi connectivity index (χ3n) is 6.42. The topological polar surface area (TPSA) is 108 Å². The van der Waals surface area contributed by atoms with Gasteiger partial charge in [0.05, 0.1) is 0 Å². The summed E-state index contributed by atoms with van der Waals surface area (Å²) in [5, 5.41) is 14.2. The van der Waals surface area contributed by atoms with E-state index in [1.54, 1.807) is 18.2 Å². The van der Waals surface area contributed by atoms with Gasteiger partial charge in [-0.05, 0) is 44.7 Å². The van der Waals surface area contributed by atoms with E-state index in [-0.39, 0.29) is 29.2 Å². The van der Waals surface area contributed by atoms with Gasteiger partial charge in [0.25, 0.3) is 0 Å². The maximum Gasteiger partial charge on any atom is 0.345 e. The molecule has 0 radical (unpaired) electrons. The zero-order valence-corrected chi connectivity index (χ0v) is 17.9. The van der Waals surface area contributed by atoms with Crippen molar-refractivity contribution in [2.75, 3.05) is 5.32 Å². The van der Waals surface area contributed by atoms with E-state index in [2.05, 4.69) is 15.3 Å². The number of hydrogen-bond donors (Lipinski definition) is 1. The second-order valence-corrected chi connectivity index (χ2v) is 8.56. The lowest BCUT2D eigenvalue weighted by Crippen LogP contribution is -2.36. The van der Waals surface area contributed by atoms with Gasteiger partial charge >= 0.3 is 5.97 Å². The molecule has 0 atom stereocenters. The number of amides is 1. The van der Waals surface area contributed by atoms with Gasteiger partial charge in [-0.3, -0.25) is 10.1 Å². The molecule has 0 saturated heterocycles. The monoisotopic (exact) mass is 448 g/mol. The van der Waals surface area contributed by atoms with Crippen LogP contribution in [0.2, 0.25) is 0 Å². The van der Waals surface area contributed by atoms with Gasteiger partial charge in [0.15, 0.2) is 12.4 Å². The normalized spacial score (nSPS) is 21.5. The lowest BCUT2D eigenvalue weighted by atomic mass is 9.75. The molecule has 0 unspecified atom stereocenters. The second-order valence-electron chi connectivity index (χ2n) is 8.56. The molecule has 2 aromatic heterocycles. The molecular formula is C24H21FN4O4. The highest BCUT2D eigenvalue weighted by molar-refractivity contribution is 5.94. The summed E-state index contributed by atoms with van der Waals surface area (Å²) in [7, 11) is 0. The minimum Gasteiger partial charge on any atom is -0.619 e. The molecule has 1 fully saturated rings. The number of nitrogens with zero attached hydrogens (tertiary/aromatic N) is 3. The van der Waals surface area contributed by atoms with Crippen molar-refractivity contribution in [2.45, 2.75) is 38.2 Å². The number of halogens is 1. The van der Waals surface area contributed by atoms with Crippen molar-refractivity contribution in [1.82, 2.24) is 9.97 Å². The maximum atomic E-state index is 14.1. The molecule has 8 nitrogen and oxygen atoms in total. The van der Waals surface area contributed by atoms with Gasteiger partial charge in [-0.15, -0.1) is 0 Å². The Morgan fingerprint density at radius 1 is 1.21 bits per heavy atom. The van der Waals surface area contributed by atoms with Crippen molar-refractivity contribution in [3.63, 3.8) is 0 Å². The Kier molecular flexibility index (Phi) is 5.03. The molecule has 1 amide bonds. The lowest BCUT2D eigenvalue weighted by molar-refractivity contribution is -0.605. The average molecular weight is 448 g/mol. The Morgan fingerprint density at radius 3 is 2.67 bits per heavy atom. The number of hydrogen-bond acceptors (Lipinski definition) is 6. The highest BCUT2D eigenvalue weighted by atomic mass is 19.1. The number of fused-ring (bicyclic) bond motifs is 2. The van der Waals surface area contributed by atoms with Crippen molar-refractivity contribution in [2.24, 2.45) is 5.92 Å². The fourth-order valence-electron chi connectivity index (χ4n) is 4.65. The number of aryl methyl sites for hydroxylation is 1. The van der Waals surface area contributed by atoms with Crippen molar-refractivity contribution in [3.05, 3.63) is 76.8 Å². The molecule has 168 valence electrons. The number of aromatic nitrogens is 3. The third kappa shape index (κ3) is 3.79. The van der Waals surface area contributed by atoms with Crippen molar-refractivity contribution < 1.29 is 23.4 Å². The number of esters is 1. The molecule has 3 heterocycles. The number of benzene rings is 1. The first-order valence-corrected chi connectivity index (χ1v) is 10.7. The SMILES string of the molecule is Cc1ccc(F)c(-c2cnc(NC(=O)[C@H]3CC[C@@]4(CC3)OC(=O)c3c[n+]([O-])ccc34)nc2)c1. The summed E-state index contributed by atoms with van der Waals surface area (Å²) in [6, 6.07) is 6.43.